The second-order valence-corrected chi connectivity index (χ2v) is 4.24. The van der Waals surface area contributed by atoms with Gasteiger partial charge in [0.05, 0.1) is 5.92 Å². The van der Waals surface area contributed by atoms with E-state index in [0.29, 0.717) is 0 Å². The summed E-state index contributed by atoms with van der Waals surface area (Å²) in [6, 6.07) is 7.54. The predicted octanol–water partition coefficient (Wildman–Crippen LogP) is 2.07. The number of benzene rings is 1. The van der Waals surface area contributed by atoms with E-state index in [4.69, 9.17) is 5.11 Å². The molecule has 17 heavy (non-hydrogen) atoms. The Morgan fingerprint density at radius 2 is 2.06 bits per heavy atom. The van der Waals surface area contributed by atoms with Crippen LogP contribution in [-0.2, 0) is 9.59 Å². The van der Waals surface area contributed by atoms with Crippen LogP contribution in [0.15, 0.2) is 24.3 Å². The highest BCUT2D eigenvalue weighted by molar-refractivity contribution is 5.94. The number of carboxylic acid groups (broad SMARTS) is 1. The number of aryl methyl sites for hydroxylation is 1. The highest BCUT2D eigenvalue weighted by Gasteiger charge is 2.19. The first-order valence-corrected chi connectivity index (χ1v) is 5.48. The topological polar surface area (TPSA) is 57.6 Å². The Bertz CT molecular complexity index is 428. The third-order valence-electron chi connectivity index (χ3n) is 2.67. The van der Waals surface area contributed by atoms with Crippen LogP contribution in [0.3, 0.4) is 0 Å². The molecule has 0 aliphatic heterocycles. The molecule has 4 heteroatoms. The highest BCUT2D eigenvalue weighted by Crippen LogP contribution is 2.16. The molecule has 0 saturated carbocycles. The molecule has 0 fully saturated rings. The average Bonchev–Trinajstić information content (AvgIpc) is 2.27. The molecular formula is C13H17NO3. The first-order valence-electron chi connectivity index (χ1n) is 5.48. The van der Waals surface area contributed by atoms with E-state index in [0.717, 1.165) is 11.3 Å². The minimum Gasteiger partial charge on any atom is -0.481 e. The minimum atomic E-state index is -0.948. The summed E-state index contributed by atoms with van der Waals surface area (Å²) in [5.41, 5.74) is 1.85. The molecule has 92 valence electrons. The summed E-state index contributed by atoms with van der Waals surface area (Å²) in [5, 5.41) is 8.76. The molecular weight excluding hydrogens is 218 g/mol. The molecule has 4 nitrogen and oxygen atoms in total. The van der Waals surface area contributed by atoms with Gasteiger partial charge >= 0.3 is 5.97 Å². The predicted molar refractivity (Wildman–Crippen MR) is 66.0 cm³/mol. The Labute approximate surface area is 101 Å². The van der Waals surface area contributed by atoms with Gasteiger partial charge in [-0.3, -0.25) is 9.59 Å². The van der Waals surface area contributed by atoms with Crippen molar-refractivity contribution in [2.45, 2.75) is 20.3 Å². The Kier molecular flexibility index (Phi) is 4.26. The van der Waals surface area contributed by atoms with E-state index < -0.39 is 11.9 Å². The molecule has 1 N–H and O–H groups in total. The van der Waals surface area contributed by atoms with Crippen molar-refractivity contribution in [3.05, 3.63) is 29.8 Å². The molecule has 0 aliphatic carbocycles. The Hall–Kier alpha value is -1.84. The van der Waals surface area contributed by atoms with Crippen LogP contribution in [0.5, 0.6) is 0 Å². The van der Waals surface area contributed by atoms with Gasteiger partial charge in [-0.1, -0.05) is 19.1 Å². The number of amides is 1. The zero-order chi connectivity index (χ0) is 13.0. The number of carboxylic acids is 1. The van der Waals surface area contributed by atoms with Crippen LogP contribution in [0, 0.1) is 12.8 Å². The standard InChI is InChI=1S/C13H17NO3/c1-9-5-4-6-11(7-9)14(3)12(15)8-10(2)13(16)17/h4-7,10H,8H2,1-3H3,(H,16,17). The van der Waals surface area contributed by atoms with Crippen molar-refractivity contribution < 1.29 is 14.7 Å². The molecule has 1 unspecified atom stereocenters. The zero-order valence-corrected chi connectivity index (χ0v) is 10.3. The normalized spacial score (nSPS) is 11.9. The van der Waals surface area contributed by atoms with E-state index in [1.165, 1.54) is 11.8 Å². The Morgan fingerprint density at radius 1 is 1.41 bits per heavy atom. The third-order valence-corrected chi connectivity index (χ3v) is 2.67. The van der Waals surface area contributed by atoms with Gasteiger partial charge in [0.1, 0.15) is 0 Å². The maximum atomic E-state index is 11.8. The highest BCUT2D eigenvalue weighted by atomic mass is 16.4. The molecule has 0 saturated heterocycles. The van der Waals surface area contributed by atoms with Gasteiger partial charge in [-0.25, -0.2) is 0 Å². The smallest absolute Gasteiger partial charge is 0.306 e. The van der Waals surface area contributed by atoms with E-state index in [1.54, 1.807) is 7.05 Å². The number of aliphatic carboxylic acids is 1. The molecule has 1 atom stereocenters. The molecule has 1 aromatic carbocycles. The SMILES string of the molecule is Cc1cccc(N(C)C(=O)CC(C)C(=O)O)c1. The summed E-state index contributed by atoms with van der Waals surface area (Å²) < 4.78 is 0. The molecule has 0 aliphatic rings. The van der Waals surface area contributed by atoms with Gasteiger partial charge in [0.15, 0.2) is 0 Å². The fourth-order valence-electron chi connectivity index (χ4n) is 1.47. The number of nitrogens with zero attached hydrogens (tertiary/aromatic N) is 1. The summed E-state index contributed by atoms with van der Waals surface area (Å²) in [4.78, 5) is 24.0. The van der Waals surface area contributed by atoms with Crippen LogP contribution in [0.25, 0.3) is 0 Å². The van der Waals surface area contributed by atoms with Gasteiger partial charge in [-0.15, -0.1) is 0 Å². The van der Waals surface area contributed by atoms with Crippen molar-refractivity contribution in [2.75, 3.05) is 11.9 Å². The van der Waals surface area contributed by atoms with E-state index in [1.807, 2.05) is 31.2 Å². The maximum Gasteiger partial charge on any atom is 0.306 e. The van der Waals surface area contributed by atoms with Gasteiger partial charge < -0.3 is 10.0 Å². The molecule has 1 rings (SSSR count). The molecule has 1 amide bonds. The fourth-order valence-corrected chi connectivity index (χ4v) is 1.47. The lowest BCUT2D eigenvalue weighted by molar-refractivity contribution is -0.143. The Balaban J connectivity index is 2.73. The van der Waals surface area contributed by atoms with E-state index >= 15 is 0 Å². The van der Waals surface area contributed by atoms with Crippen LogP contribution in [-0.4, -0.2) is 24.0 Å². The van der Waals surface area contributed by atoms with Gasteiger partial charge in [0, 0.05) is 19.2 Å². The maximum absolute atomic E-state index is 11.8. The summed E-state index contributed by atoms with van der Waals surface area (Å²) in [6.45, 7) is 3.48. The molecule has 0 radical (unpaired) electrons. The van der Waals surface area contributed by atoms with Crippen molar-refractivity contribution in [1.29, 1.82) is 0 Å². The first kappa shape index (κ1) is 13.2. The van der Waals surface area contributed by atoms with Gasteiger partial charge in [0.2, 0.25) is 5.91 Å². The average molecular weight is 235 g/mol. The van der Waals surface area contributed by atoms with E-state index in [9.17, 15) is 9.59 Å². The minimum absolute atomic E-state index is 0.0137. The monoisotopic (exact) mass is 235 g/mol. The van der Waals surface area contributed by atoms with Gasteiger partial charge in [0.25, 0.3) is 0 Å². The summed E-state index contributed by atoms with van der Waals surface area (Å²) in [5.74, 6) is -1.80. The largest absolute Gasteiger partial charge is 0.481 e. The van der Waals surface area contributed by atoms with Crippen molar-refractivity contribution in [3.63, 3.8) is 0 Å². The molecule has 0 spiro atoms. The molecule has 0 bridgehead atoms. The van der Waals surface area contributed by atoms with Crippen LogP contribution in [0.1, 0.15) is 18.9 Å². The summed E-state index contributed by atoms with van der Waals surface area (Å²) >= 11 is 0. The van der Waals surface area contributed by atoms with Crippen molar-refractivity contribution in [1.82, 2.24) is 0 Å². The molecule has 0 heterocycles. The van der Waals surface area contributed by atoms with Crippen molar-refractivity contribution in [2.24, 2.45) is 5.92 Å². The quantitative estimate of drug-likeness (QED) is 0.869. The van der Waals surface area contributed by atoms with Crippen LogP contribution in [0.2, 0.25) is 0 Å². The first-order chi connectivity index (χ1) is 7.91. The molecule has 0 aromatic heterocycles. The zero-order valence-electron chi connectivity index (χ0n) is 10.3. The lowest BCUT2D eigenvalue weighted by Gasteiger charge is -2.18. The second kappa shape index (κ2) is 5.48. The van der Waals surface area contributed by atoms with E-state index in [-0.39, 0.29) is 12.3 Å². The summed E-state index contributed by atoms with van der Waals surface area (Å²) in [6.07, 6.45) is 0.0137. The number of hydrogen-bond acceptors (Lipinski definition) is 2. The van der Waals surface area contributed by atoms with Crippen LogP contribution < -0.4 is 4.90 Å². The second-order valence-electron chi connectivity index (χ2n) is 4.24. The number of anilines is 1. The lowest BCUT2D eigenvalue weighted by Crippen LogP contribution is -2.29. The number of carbonyl (C=O) groups is 2. The van der Waals surface area contributed by atoms with E-state index in [2.05, 4.69) is 0 Å². The van der Waals surface area contributed by atoms with Crippen molar-refractivity contribution >= 4 is 17.6 Å². The van der Waals surface area contributed by atoms with Crippen LogP contribution in [0.4, 0.5) is 5.69 Å². The summed E-state index contributed by atoms with van der Waals surface area (Å²) in [7, 11) is 1.66. The fraction of sp³-hybridized carbons (Fsp3) is 0.385. The molecule has 1 aromatic rings. The van der Waals surface area contributed by atoms with Crippen LogP contribution >= 0.6 is 0 Å². The Morgan fingerprint density at radius 3 is 2.59 bits per heavy atom. The van der Waals surface area contributed by atoms with Gasteiger partial charge in [-0.2, -0.15) is 0 Å². The number of hydrogen-bond donors (Lipinski definition) is 1. The van der Waals surface area contributed by atoms with Crippen molar-refractivity contribution in [3.8, 4) is 0 Å². The third kappa shape index (κ3) is 3.59. The lowest BCUT2D eigenvalue weighted by atomic mass is 10.1. The van der Waals surface area contributed by atoms with Gasteiger partial charge in [-0.05, 0) is 24.6 Å². The number of carbonyl (C=O) groups excluding carboxylic acids is 1. The number of rotatable bonds is 4.